The van der Waals surface area contributed by atoms with Gasteiger partial charge in [-0.05, 0) is 38.1 Å². The molecule has 1 rings (SSSR count). The van der Waals surface area contributed by atoms with E-state index in [1.165, 1.54) is 12.1 Å². The van der Waals surface area contributed by atoms with E-state index in [4.69, 9.17) is 4.74 Å². The van der Waals surface area contributed by atoms with Crippen molar-refractivity contribution in [1.82, 2.24) is 5.32 Å². The van der Waals surface area contributed by atoms with Crippen molar-refractivity contribution < 1.29 is 32.2 Å². The van der Waals surface area contributed by atoms with Gasteiger partial charge in [0, 0.05) is 0 Å². The first kappa shape index (κ1) is 17.8. The summed E-state index contributed by atoms with van der Waals surface area (Å²) >= 11 is 0. The molecule has 0 fully saturated rings. The minimum absolute atomic E-state index is 0.0184. The zero-order valence-electron chi connectivity index (χ0n) is 12.1. The first-order valence-electron chi connectivity index (χ1n) is 6.44. The molecular weight excluding hydrogens is 303 g/mol. The van der Waals surface area contributed by atoms with Gasteiger partial charge in [-0.15, -0.1) is 0 Å². The lowest BCUT2D eigenvalue weighted by atomic mass is 10.2. The van der Waals surface area contributed by atoms with E-state index in [9.17, 15) is 22.8 Å². The Morgan fingerprint density at radius 3 is 2.27 bits per heavy atom. The highest BCUT2D eigenvalue weighted by Crippen LogP contribution is 2.14. The van der Waals surface area contributed by atoms with Crippen molar-refractivity contribution in [2.75, 3.05) is 13.2 Å². The van der Waals surface area contributed by atoms with Crippen LogP contribution >= 0.6 is 0 Å². The molecule has 0 aromatic heterocycles. The first-order valence-corrected chi connectivity index (χ1v) is 6.44. The van der Waals surface area contributed by atoms with Crippen molar-refractivity contribution in [3.63, 3.8) is 0 Å². The lowest BCUT2D eigenvalue weighted by Gasteiger charge is -2.10. The third-order valence-corrected chi connectivity index (χ3v) is 2.28. The number of carbonyl (C=O) groups is 2. The van der Waals surface area contributed by atoms with Crippen molar-refractivity contribution in [2.24, 2.45) is 0 Å². The number of hydrogen-bond donors (Lipinski definition) is 1. The van der Waals surface area contributed by atoms with Crippen LogP contribution in [0.25, 0.3) is 0 Å². The molecule has 1 amide bonds. The molecule has 0 bridgehead atoms. The highest BCUT2D eigenvalue weighted by Gasteiger charge is 2.27. The number of rotatable bonds is 6. The van der Waals surface area contributed by atoms with E-state index in [1.54, 1.807) is 17.4 Å². The Bertz CT molecular complexity index is 512. The normalized spacial score (nSPS) is 11.2. The minimum Gasteiger partial charge on any atom is -0.491 e. The van der Waals surface area contributed by atoms with E-state index < -0.39 is 31.2 Å². The molecule has 0 saturated heterocycles. The summed E-state index contributed by atoms with van der Waals surface area (Å²) in [5.41, 5.74) is 0.166. The van der Waals surface area contributed by atoms with Crippen LogP contribution in [-0.2, 0) is 9.53 Å². The van der Waals surface area contributed by atoms with Crippen LogP contribution in [-0.4, -0.2) is 37.3 Å². The predicted molar refractivity (Wildman–Crippen MR) is 71.6 cm³/mol. The topological polar surface area (TPSA) is 64.6 Å². The molecule has 0 heterocycles. The number of amides is 1. The molecule has 1 N–H and O–H groups in total. The number of carbonyl (C=O) groups excluding carboxylic acids is 2. The molecule has 0 atom stereocenters. The monoisotopic (exact) mass is 319 g/mol. The fourth-order valence-corrected chi connectivity index (χ4v) is 1.41. The Hall–Kier alpha value is -2.25. The highest BCUT2D eigenvalue weighted by molar-refractivity contribution is 5.91. The number of hydrogen-bond acceptors (Lipinski definition) is 4. The second-order valence-corrected chi connectivity index (χ2v) is 4.66. The molecule has 22 heavy (non-hydrogen) atoms. The first-order chi connectivity index (χ1) is 10.2. The van der Waals surface area contributed by atoms with Gasteiger partial charge in [0.2, 0.25) is 0 Å². The Morgan fingerprint density at radius 2 is 1.77 bits per heavy atom. The molecule has 0 aliphatic heterocycles. The number of benzene rings is 1. The lowest BCUT2D eigenvalue weighted by molar-refractivity contribution is -0.140. The van der Waals surface area contributed by atoms with Crippen LogP contribution < -0.4 is 10.1 Å². The van der Waals surface area contributed by atoms with E-state index in [0.717, 1.165) is 0 Å². The summed E-state index contributed by atoms with van der Waals surface area (Å²) in [6.07, 6.45) is -4.53. The summed E-state index contributed by atoms with van der Waals surface area (Å²) in [6, 6.07) is 5.99. The SMILES string of the molecule is CC(C)Oc1ccc(C(=O)OCC(=O)NCC(F)(F)F)cc1. The summed E-state index contributed by atoms with van der Waals surface area (Å²) in [4.78, 5) is 22.7. The molecule has 0 radical (unpaired) electrons. The van der Waals surface area contributed by atoms with E-state index in [2.05, 4.69) is 4.74 Å². The molecule has 8 heteroatoms. The summed E-state index contributed by atoms with van der Waals surface area (Å²) in [5, 5.41) is 1.60. The zero-order chi connectivity index (χ0) is 16.8. The van der Waals surface area contributed by atoms with Crippen molar-refractivity contribution in [1.29, 1.82) is 0 Å². The van der Waals surface area contributed by atoms with Crippen molar-refractivity contribution in [3.8, 4) is 5.75 Å². The van der Waals surface area contributed by atoms with Gasteiger partial charge in [-0.1, -0.05) is 0 Å². The Labute approximate surface area is 125 Å². The van der Waals surface area contributed by atoms with Gasteiger partial charge in [-0.3, -0.25) is 4.79 Å². The number of halogens is 3. The van der Waals surface area contributed by atoms with Gasteiger partial charge >= 0.3 is 12.1 Å². The lowest BCUT2D eigenvalue weighted by Crippen LogP contribution is -2.36. The van der Waals surface area contributed by atoms with Crippen LogP contribution in [0.15, 0.2) is 24.3 Å². The second kappa shape index (κ2) is 7.67. The van der Waals surface area contributed by atoms with E-state index in [0.29, 0.717) is 5.75 Å². The zero-order valence-corrected chi connectivity index (χ0v) is 12.1. The van der Waals surface area contributed by atoms with Gasteiger partial charge in [0.25, 0.3) is 5.91 Å². The Balaban J connectivity index is 2.43. The number of ether oxygens (including phenoxy) is 2. The standard InChI is InChI=1S/C14H16F3NO4/c1-9(2)22-11-5-3-10(4-6-11)13(20)21-7-12(19)18-8-14(15,16)17/h3-6,9H,7-8H2,1-2H3,(H,18,19). The predicted octanol–water partition coefficient (Wildman–Crippen LogP) is 2.31. The second-order valence-electron chi connectivity index (χ2n) is 4.66. The van der Waals surface area contributed by atoms with Crippen LogP contribution in [0.4, 0.5) is 13.2 Å². The molecule has 0 aliphatic rings. The van der Waals surface area contributed by atoms with E-state index in [1.807, 2.05) is 13.8 Å². The van der Waals surface area contributed by atoms with Crippen molar-refractivity contribution in [2.45, 2.75) is 26.1 Å². The van der Waals surface area contributed by atoms with Crippen LogP contribution in [0.5, 0.6) is 5.75 Å². The van der Waals surface area contributed by atoms with Crippen LogP contribution in [0.2, 0.25) is 0 Å². The minimum atomic E-state index is -4.51. The number of nitrogens with one attached hydrogen (secondary N) is 1. The average molecular weight is 319 g/mol. The van der Waals surface area contributed by atoms with E-state index in [-0.39, 0.29) is 11.7 Å². The van der Waals surface area contributed by atoms with Crippen LogP contribution in [0.1, 0.15) is 24.2 Å². The maximum Gasteiger partial charge on any atom is 0.405 e. The summed E-state index contributed by atoms with van der Waals surface area (Å²) < 4.78 is 45.6. The van der Waals surface area contributed by atoms with Crippen molar-refractivity contribution in [3.05, 3.63) is 29.8 Å². The van der Waals surface area contributed by atoms with Crippen molar-refractivity contribution >= 4 is 11.9 Å². The summed E-state index contributed by atoms with van der Waals surface area (Å²) in [6.45, 7) is 1.45. The van der Waals surface area contributed by atoms with Gasteiger partial charge in [-0.25, -0.2) is 4.79 Å². The van der Waals surface area contributed by atoms with Gasteiger partial charge in [0.05, 0.1) is 11.7 Å². The Morgan fingerprint density at radius 1 is 1.18 bits per heavy atom. The maximum absolute atomic E-state index is 11.9. The molecule has 0 unspecified atom stereocenters. The molecule has 1 aromatic rings. The molecular formula is C14H16F3NO4. The summed E-state index contributed by atoms with van der Waals surface area (Å²) in [5.74, 6) is -1.27. The average Bonchev–Trinajstić information content (AvgIpc) is 2.42. The molecule has 1 aromatic carbocycles. The number of alkyl halides is 3. The quantitative estimate of drug-likeness (QED) is 0.817. The fraction of sp³-hybridized carbons (Fsp3) is 0.429. The van der Waals surface area contributed by atoms with Gasteiger partial charge < -0.3 is 14.8 Å². The smallest absolute Gasteiger partial charge is 0.405 e. The number of esters is 1. The maximum atomic E-state index is 11.9. The fourth-order valence-electron chi connectivity index (χ4n) is 1.41. The van der Waals surface area contributed by atoms with Crippen LogP contribution in [0, 0.1) is 0 Å². The Kier molecular flexibility index (Phi) is 6.21. The molecule has 0 saturated carbocycles. The summed E-state index contributed by atoms with van der Waals surface area (Å²) in [7, 11) is 0. The molecule has 5 nitrogen and oxygen atoms in total. The van der Waals surface area contributed by atoms with E-state index >= 15 is 0 Å². The third-order valence-electron chi connectivity index (χ3n) is 2.28. The largest absolute Gasteiger partial charge is 0.491 e. The van der Waals surface area contributed by atoms with Gasteiger partial charge in [0.1, 0.15) is 12.3 Å². The molecule has 0 spiro atoms. The van der Waals surface area contributed by atoms with Gasteiger partial charge in [0.15, 0.2) is 6.61 Å². The highest BCUT2D eigenvalue weighted by atomic mass is 19.4. The van der Waals surface area contributed by atoms with Crippen LogP contribution in [0.3, 0.4) is 0 Å². The van der Waals surface area contributed by atoms with Gasteiger partial charge in [-0.2, -0.15) is 13.2 Å². The third kappa shape index (κ3) is 6.96. The molecule has 0 aliphatic carbocycles. The molecule has 122 valence electrons.